The first-order chi connectivity index (χ1) is 13.7. The second-order valence-electron chi connectivity index (χ2n) is 6.57. The molecule has 156 valence electrons. The van der Waals surface area contributed by atoms with Gasteiger partial charge in [-0.05, 0) is 29.8 Å². The Hall–Kier alpha value is -2.53. The highest BCUT2D eigenvalue weighted by Gasteiger charge is 2.33. The van der Waals surface area contributed by atoms with Crippen LogP contribution in [-0.4, -0.2) is 58.0 Å². The zero-order valence-corrected chi connectivity index (χ0v) is 16.5. The molecule has 0 saturated carbocycles. The number of nitrogens with one attached hydrogen (secondary N) is 1. The molecule has 1 N–H and O–H groups in total. The molecule has 2 aromatic rings. The number of carbonyl (C=O) groups excluding carboxylic acids is 1. The third-order valence-electron chi connectivity index (χ3n) is 4.47. The molecule has 0 radical (unpaired) electrons. The van der Waals surface area contributed by atoms with Gasteiger partial charge in [-0.2, -0.15) is 13.2 Å². The van der Waals surface area contributed by atoms with Crippen molar-refractivity contribution in [2.75, 3.05) is 42.1 Å². The van der Waals surface area contributed by atoms with Crippen LogP contribution >= 0.6 is 0 Å². The summed E-state index contributed by atoms with van der Waals surface area (Å²) >= 11 is -1.16. The summed E-state index contributed by atoms with van der Waals surface area (Å²) in [5.41, 5.74) is 0.535. The first kappa shape index (κ1) is 21.2. The standard InChI is InChI=1S/C18H20F3N5O2S/c1-29(28)24-14-4-2-13(3-5-14)12-17(27)26-10-8-25(9-11-26)16-7-6-15(22-23-16)18(19,20)21/h2-7,24H,8-12H2,1H3. The van der Waals surface area contributed by atoms with Crippen LogP contribution < -0.4 is 9.62 Å². The molecule has 3 rings (SSSR count). The summed E-state index contributed by atoms with van der Waals surface area (Å²) in [6.45, 7) is 1.85. The van der Waals surface area contributed by atoms with Crippen LogP contribution in [0.1, 0.15) is 11.3 Å². The topological polar surface area (TPSA) is 84.4 Å². The number of amides is 1. The molecule has 0 spiro atoms. The lowest BCUT2D eigenvalue weighted by Crippen LogP contribution is -2.49. The van der Waals surface area contributed by atoms with Crippen molar-refractivity contribution in [3.63, 3.8) is 0 Å². The number of alkyl halides is 3. The number of carbonyl (C=O) groups is 1. The van der Waals surface area contributed by atoms with Crippen molar-refractivity contribution in [2.45, 2.75) is 12.6 Å². The number of hydrogen-bond donors (Lipinski definition) is 1. The van der Waals surface area contributed by atoms with Gasteiger partial charge in [0.15, 0.2) is 11.5 Å². The molecule has 1 atom stereocenters. The Kier molecular flexibility index (Phi) is 6.48. The van der Waals surface area contributed by atoms with Gasteiger partial charge in [0.1, 0.15) is 6.26 Å². The van der Waals surface area contributed by atoms with Gasteiger partial charge in [0.05, 0.1) is 23.5 Å². The van der Waals surface area contributed by atoms with Crippen molar-refractivity contribution in [2.24, 2.45) is 0 Å². The van der Waals surface area contributed by atoms with Gasteiger partial charge in [0.2, 0.25) is 5.91 Å². The lowest BCUT2D eigenvalue weighted by Gasteiger charge is -2.35. The minimum Gasteiger partial charge on any atom is -0.593 e. The molecule has 1 unspecified atom stereocenters. The number of benzene rings is 1. The summed E-state index contributed by atoms with van der Waals surface area (Å²) < 4.78 is 51.7. The highest BCUT2D eigenvalue weighted by molar-refractivity contribution is 7.92. The van der Waals surface area contributed by atoms with Crippen LogP contribution in [0.3, 0.4) is 0 Å². The number of aromatic nitrogens is 2. The summed E-state index contributed by atoms with van der Waals surface area (Å²) in [7, 11) is 0. The summed E-state index contributed by atoms with van der Waals surface area (Å²) in [5, 5.41) is 6.90. The van der Waals surface area contributed by atoms with Crippen LogP contribution in [0.15, 0.2) is 36.4 Å². The Bertz CT molecular complexity index is 823. The molecule has 2 heterocycles. The van der Waals surface area contributed by atoms with Crippen molar-refractivity contribution in [3.8, 4) is 0 Å². The lowest BCUT2D eigenvalue weighted by molar-refractivity contribution is -0.141. The van der Waals surface area contributed by atoms with E-state index in [1.165, 1.54) is 12.3 Å². The Morgan fingerprint density at radius 1 is 1.10 bits per heavy atom. The second-order valence-corrected chi connectivity index (χ2v) is 7.68. The quantitative estimate of drug-likeness (QED) is 0.736. The first-order valence-electron chi connectivity index (χ1n) is 8.85. The predicted molar refractivity (Wildman–Crippen MR) is 104 cm³/mol. The first-order valence-corrected chi connectivity index (χ1v) is 10.4. The van der Waals surface area contributed by atoms with E-state index >= 15 is 0 Å². The molecule has 1 aliphatic heterocycles. The Balaban J connectivity index is 1.51. The molecule has 1 saturated heterocycles. The van der Waals surface area contributed by atoms with E-state index in [2.05, 4.69) is 14.9 Å². The number of hydrogen-bond acceptors (Lipinski definition) is 6. The van der Waals surface area contributed by atoms with Crippen LogP contribution in [0, 0.1) is 0 Å². The number of halogens is 3. The van der Waals surface area contributed by atoms with E-state index in [9.17, 15) is 22.5 Å². The van der Waals surface area contributed by atoms with Crippen molar-refractivity contribution >= 4 is 28.8 Å². The summed E-state index contributed by atoms with van der Waals surface area (Å²) in [5.74, 6) is 0.337. The number of piperazine rings is 1. The van der Waals surface area contributed by atoms with E-state index in [0.717, 1.165) is 11.6 Å². The van der Waals surface area contributed by atoms with Gasteiger partial charge < -0.3 is 14.4 Å². The van der Waals surface area contributed by atoms with Gasteiger partial charge >= 0.3 is 6.18 Å². The minimum atomic E-state index is -4.52. The fourth-order valence-corrected chi connectivity index (χ4v) is 3.44. The average Bonchev–Trinajstić information content (AvgIpc) is 2.69. The molecule has 1 fully saturated rings. The van der Waals surface area contributed by atoms with Crippen LogP contribution in [0.5, 0.6) is 0 Å². The second kappa shape index (κ2) is 8.87. The Labute approximate surface area is 169 Å². The number of anilines is 2. The highest BCUT2D eigenvalue weighted by Crippen LogP contribution is 2.27. The Morgan fingerprint density at radius 2 is 1.76 bits per heavy atom. The number of rotatable bonds is 5. The van der Waals surface area contributed by atoms with Crippen molar-refractivity contribution < 1.29 is 22.5 Å². The van der Waals surface area contributed by atoms with Crippen molar-refractivity contribution in [3.05, 3.63) is 47.7 Å². The maximum Gasteiger partial charge on any atom is 0.435 e. The van der Waals surface area contributed by atoms with Gasteiger partial charge in [0.25, 0.3) is 0 Å². The molecule has 1 aromatic heterocycles. The molecule has 11 heteroatoms. The van der Waals surface area contributed by atoms with Crippen LogP contribution in [0.4, 0.5) is 24.7 Å². The third kappa shape index (κ3) is 5.73. The van der Waals surface area contributed by atoms with E-state index in [0.29, 0.717) is 37.7 Å². The maximum atomic E-state index is 12.6. The predicted octanol–water partition coefficient (Wildman–Crippen LogP) is 2.09. The maximum absolute atomic E-state index is 12.6. The van der Waals surface area contributed by atoms with Gasteiger partial charge in [-0.1, -0.05) is 12.1 Å². The summed E-state index contributed by atoms with van der Waals surface area (Å²) in [4.78, 5) is 16.0. The van der Waals surface area contributed by atoms with E-state index in [1.807, 2.05) is 4.90 Å². The zero-order valence-electron chi connectivity index (χ0n) is 15.6. The lowest BCUT2D eigenvalue weighted by atomic mass is 10.1. The molecule has 7 nitrogen and oxygen atoms in total. The largest absolute Gasteiger partial charge is 0.593 e. The van der Waals surface area contributed by atoms with Crippen LogP contribution in [0.2, 0.25) is 0 Å². The molecular formula is C18H20F3N5O2S. The molecule has 0 aliphatic carbocycles. The van der Waals surface area contributed by atoms with E-state index < -0.39 is 23.2 Å². The summed E-state index contributed by atoms with van der Waals surface area (Å²) in [6.07, 6.45) is -2.73. The Morgan fingerprint density at radius 3 is 2.28 bits per heavy atom. The fraction of sp³-hybridized carbons (Fsp3) is 0.389. The molecule has 0 bridgehead atoms. The zero-order chi connectivity index (χ0) is 21.0. The molecule has 29 heavy (non-hydrogen) atoms. The van der Waals surface area contributed by atoms with Crippen molar-refractivity contribution in [1.82, 2.24) is 15.1 Å². The highest BCUT2D eigenvalue weighted by atomic mass is 32.2. The van der Waals surface area contributed by atoms with E-state index in [-0.39, 0.29) is 12.3 Å². The SMILES string of the molecule is C[S+]([O-])Nc1ccc(CC(=O)N2CCN(c3ccc(C(F)(F)F)nn3)CC2)cc1. The van der Waals surface area contributed by atoms with Gasteiger partial charge in [-0.25, -0.2) is 4.72 Å². The summed E-state index contributed by atoms with van der Waals surface area (Å²) in [6, 6.07) is 9.36. The normalized spacial score (nSPS) is 15.9. The van der Waals surface area contributed by atoms with Crippen LogP contribution in [-0.2, 0) is 28.8 Å². The van der Waals surface area contributed by atoms with Gasteiger partial charge in [-0.15, -0.1) is 10.2 Å². The monoisotopic (exact) mass is 427 g/mol. The van der Waals surface area contributed by atoms with Crippen molar-refractivity contribution in [1.29, 1.82) is 0 Å². The number of nitrogens with zero attached hydrogens (tertiary/aromatic N) is 4. The average molecular weight is 427 g/mol. The smallest absolute Gasteiger partial charge is 0.435 e. The van der Waals surface area contributed by atoms with Gasteiger partial charge in [0, 0.05) is 26.2 Å². The molecular weight excluding hydrogens is 407 g/mol. The van der Waals surface area contributed by atoms with Gasteiger partial charge in [-0.3, -0.25) is 4.79 Å². The van der Waals surface area contributed by atoms with E-state index in [4.69, 9.17) is 0 Å². The van der Waals surface area contributed by atoms with E-state index in [1.54, 1.807) is 29.2 Å². The fourth-order valence-electron chi connectivity index (χ4n) is 2.97. The minimum absolute atomic E-state index is 0.0251. The molecule has 1 amide bonds. The van der Waals surface area contributed by atoms with Crippen LogP contribution in [0.25, 0.3) is 0 Å². The molecule has 1 aliphatic rings. The molecule has 1 aromatic carbocycles. The third-order valence-corrected chi connectivity index (χ3v) is 4.99.